The fraction of sp³-hybridized carbons (Fsp3) is 0.111. The Morgan fingerprint density at radius 2 is 1.70 bits per heavy atom. The maximum Gasteiger partial charge on any atom is 0.0488 e. The summed E-state index contributed by atoms with van der Waals surface area (Å²) >= 11 is 3.56. The summed E-state index contributed by atoms with van der Waals surface area (Å²) in [6.45, 7) is 1.06. The lowest BCUT2D eigenvalue weighted by molar-refractivity contribution is 0.695. The van der Waals surface area contributed by atoms with Crippen LogP contribution in [0.1, 0.15) is 5.56 Å². The zero-order valence-corrected chi connectivity index (χ0v) is 12.6. The monoisotopic (exact) mass is 323 g/mol. The molecule has 0 aliphatic carbocycles. The molecule has 0 amide bonds. The predicted molar refractivity (Wildman–Crippen MR) is 86.7 cm³/mol. The average Bonchev–Trinajstić information content (AvgIpc) is 2.91. The molecule has 0 saturated heterocycles. The lowest BCUT2D eigenvalue weighted by Gasteiger charge is -2.21. The first kappa shape index (κ1) is 12.0. The van der Waals surface area contributed by atoms with E-state index in [1.165, 1.54) is 28.1 Å². The van der Waals surface area contributed by atoms with E-state index in [1.807, 2.05) is 0 Å². The molecule has 0 unspecified atom stereocenters. The van der Waals surface area contributed by atoms with Crippen molar-refractivity contribution in [1.82, 2.24) is 4.57 Å². The normalized spacial score (nSPS) is 12.8. The van der Waals surface area contributed by atoms with Crippen molar-refractivity contribution in [3.63, 3.8) is 0 Å². The van der Waals surface area contributed by atoms with E-state index < -0.39 is 0 Å². The number of halogens is 1. The molecule has 2 aromatic carbocycles. The first-order valence-electron chi connectivity index (χ1n) is 6.87. The molecule has 1 aliphatic heterocycles. The van der Waals surface area contributed by atoms with E-state index in [2.05, 4.69) is 81.2 Å². The summed E-state index contributed by atoms with van der Waals surface area (Å²) in [6, 6.07) is 21.7. The molecule has 98 valence electrons. The summed E-state index contributed by atoms with van der Waals surface area (Å²) in [5.41, 5.74) is 6.74. The van der Waals surface area contributed by atoms with Crippen molar-refractivity contribution in [3.8, 4) is 22.5 Å². The summed E-state index contributed by atoms with van der Waals surface area (Å²) in [4.78, 5) is 0. The number of benzene rings is 2. The van der Waals surface area contributed by atoms with Crippen LogP contribution in [0.15, 0.2) is 65.1 Å². The van der Waals surface area contributed by atoms with Crippen molar-refractivity contribution >= 4 is 15.9 Å². The number of hydrogen-bond donors (Lipinski definition) is 0. The first-order chi connectivity index (χ1) is 9.83. The number of aryl methyl sites for hydroxylation is 1. The molecule has 0 saturated carbocycles. The fourth-order valence-corrected chi connectivity index (χ4v) is 3.46. The van der Waals surface area contributed by atoms with Gasteiger partial charge in [-0.15, -0.1) is 0 Å². The van der Waals surface area contributed by atoms with Gasteiger partial charge in [-0.2, -0.15) is 0 Å². The average molecular weight is 324 g/mol. The van der Waals surface area contributed by atoms with E-state index in [0.29, 0.717) is 0 Å². The molecule has 0 bridgehead atoms. The van der Waals surface area contributed by atoms with E-state index in [9.17, 15) is 0 Å². The van der Waals surface area contributed by atoms with Gasteiger partial charge in [0.2, 0.25) is 0 Å². The minimum absolute atomic E-state index is 1.06. The van der Waals surface area contributed by atoms with Gasteiger partial charge in [-0.3, -0.25) is 0 Å². The second-order valence-electron chi connectivity index (χ2n) is 5.17. The third kappa shape index (κ3) is 1.83. The lowest BCUT2D eigenvalue weighted by atomic mass is 9.99. The summed E-state index contributed by atoms with van der Waals surface area (Å²) in [6.07, 6.45) is 1.11. The highest BCUT2D eigenvalue weighted by molar-refractivity contribution is 9.10. The molecular formula is C18H14BrN. The molecule has 0 fully saturated rings. The van der Waals surface area contributed by atoms with Gasteiger partial charge >= 0.3 is 0 Å². The SMILES string of the molecule is Brc1cccc(-c2ccc3n2CCc2ccccc2-3)c1. The molecule has 2 heteroatoms. The summed E-state index contributed by atoms with van der Waals surface area (Å²) in [5.74, 6) is 0. The van der Waals surface area contributed by atoms with Crippen molar-refractivity contribution in [1.29, 1.82) is 0 Å². The molecule has 0 N–H and O–H groups in total. The van der Waals surface area contributed by atoms with Crippen molar-refractivity contribution in [2.45, 2.75) is 13.0 Å². The van der Waals surface area contributed by atoms with Crippen LogP contribution in [-0.2, 0) is 13.0 Å². The van der Waals surface area contributed by atoms with Gasteiger partial charge < -0.3 is 4.57 Å². The largest absolute Gasteiger partial charge is 0.340 e. The molecule has 2 heterocycles. The number of fused-ring (bicyclic) bond motifs is 3. The van der Waals surface area contributed by atoms with E-state index in [1.54, 1.807) is 0 Å². The highest BCUT2D eigenvalue weighted by atomic mass is 79.9. The van der Waals surface area contributed by atoms with Crippen LogP contribution < -0.4 is 0 Å². The van der Waals surface area contributed by atoms with Crippen LogP contribution in [-0.4, -0.2) is 4.57 Å². The maximum absolute atomic E-state index is 3.56. The van der Waals surface area contributed by atoms with Crippen LogP contribution in [0.2, 0.25) is 0 Å². The third-order valence-electron chi connectivity index (χ3n) is 4.00. The van der Waals surface area contributed by atoms with Gasteiger partial charge in [-0.25, -0.2) is 0 Å². The fourth-order valence-electron chi connectivity index (χ4n) is 3.06. The van der Waals surface area contributed by atoms with Crippen LogP contribution in [0.3, 0.4) is 0 Å². The molecule has 0 radical (unpaired) electrons. The minimum Gasteiger partial charge on any atom is -0.340 e. The van der Waals surface area contributed by atoms with Crippen LogP contribution >= 0.6 is 15.9 Å². The van der Waals surface area contributed by atoms with Gasteiger partial charge in [-0.05, 0) is 41.8 Å². The zero-order valence-electron chi connectivity index (χ0n) is 11.0. The standard InChI is InChI=1S/C18H14BrN/c19-15-6-3-5-14(12-15)17-8-9-18-16-7-2-1-4-13(16)10-11-20(17)18/h1-9,12H,10-11H2. The molecule has 20 heavy (non-hydrogen) atoms. The van der Waals surface area contributed by atoms with Crippen molar-refractivity contribution < 1.29 is 0 Å². The molecule has 1 nitrogen and oxygen atoms in total. The number of aromatic nitrogens is 1. The van der Waals surface area contributed by atoms with E-state index in [-0.39, 0.29) is 0 Å². The second-order valence-corrected chi connectivity index (χ2v) is 6.09. The van der Waals surface area contributed by atoms with Gasteiger partial charge in [0, 0.05) is 28.0 Å². The van der Waals surface area contributed by atoms with Gasteiger partial charge in [0.25, 0.3) is 0 Å². The second kappa shape index (κ2) is 4.64. The Bertz CT molecular complexity index is 786. The molecular weight excluding hydrogens is 310 g/mol. The van der Waals surface area contributed by atoms with E-state index in [0.717, 1.165) is 17.4 Å². The molecule has 0 spiro atoms. The van der Waals surface area contributed by atoms with Gasteiger partial charge in [0.1, 0.15) is 0 Å². The topological polar surface area (TPSA) is 4.93 Å². The Hall–Kier alpha value is -1.80. The maximum atomic E-state index is 3.56. The number of rotatable bonds is 1. The van der Waals surface area contributed by atoms with Crippen LogP contribution in [0, 0.1) is 0 Å². The first-order valence-corrected chi connectivity index (χ1v) is 7.66. The van der Waals surface area contributed by atoms with Crippen LogP contribution in [0.4, 0.5) is 0 Å². The third-order valence-corrected chi connectivity index (χ3v) is 4.49. The van der Waals surface area contributed by atoms with Gasteiger partial charge in [0.15, 0.2) is 0 Å². The quantitative estimate of drug-likeness (QED) is 0.584. The summed E-state index contributed by atoms with van der Waals surface area (Å²) < 4.78 is 3.56. The number of nitrogens with zero attached hydrogens (tertiary/aromatic N) is 1. The Morgan fingerprint density at radius 1 is 0.850 bits per heavy atom. The Kier molecular flexibility index (Phi) is 2.78. The summed E-state index contributed by atoms with van der Waals surface area (Å²) in [7, 11) is 0. The summed E-state index contributed by atoms with van der Waals surface area (Å²) in [5, 5.41) is 0. The molecule has 4 rings (SSSR count). The molecule has 3 aromatic rings. The highest BCUT2D eigenvalue weighted by Gasteiger charge is 2.18. The Morgan fingerprint density at radius 3 is 2.60 bits per heavy atom. The molecule has 1 aromatic heterocycles. The minimum atomic E-state index is 1.06. The van der Waals surface area contributed by atoms with E-state index in [4.69, 9.17) is 0 Å². The number of hydrogen-bond acceptors (Lipinski definition) is 0. The molecule has 1 aliphatic rings. The smallest absolute Gasteiger partial charge is 0.0488 e. The molecule has 0 atom stereocenters. The van der Waals surface area contributed by atoms with Gasteiger partial charge in [0.05, 0.1) is 0 Å². The highest BCUT2D eigenvalue weighted by Crippen LogP contribution is 2.35. The van der Waals surface area contributed by atoms with E-state index >= 15 is 0 Å². The van der Waals surface area contributed by atoms with Crippen LogP contribution in [0.25, 0.3) is 22.5 Å². The Labute approximate surface area is 127 Å². The van der Waals surface area contributed by atoms with Gasteiger partial charge in [-0.1, -0.05) is 52.3 Å². The predicted octanol–water partition coefficient (Wildman–Crippen LogP) is 5.14. The van der Waals surface area contributed by atoms with Crippen molar-refractivity contribution in [3.05, 3.63) is 70.7 Å². The Balaban J connectivity index is 1.90. The zero-order chi connectivity index (χ0) is 13.5. The van der Waals surface area contributed by atoms with Crippen molar-refractivity contribution in [2.75, 3.05) is 0 Å². The lowest BCUT2D eigenvalue weighted by Crippen LogP contribution is -2.11. The van der Waals surface area contributed by atoms with Crippen molar-refractivity contribution in [2.24, 2.45) is 0 Å². The van der Waals surface area contributed by atoms with Crippen LogP contribution in [0.5, 0.6) is 0 Å².